The maximum absolute atomic E-state index is 11.5. The highest BCUT2D eigenvalue weighted by atomic mass is 32.3. The lowest BCUT2D eigenvalue weighted by Crippen LogP contribution is -2.28. The van der Waals surface area contributed by atoms with Crippen LogP contribution in [0.1, 0.15) is 17.9 Å². The highest BCUT2D eigenvalue weighted by molar-refractivity contribution is 8.32. The number of hydrogen-bond donors (Lipinski definition) is 1. The average Bonchev–Trinajstić information content (AvgIpc) is 2.80. The fraction of sp³-hybridized carbons (Fsp3) is 0.615. The number of ether oxygens (including phenoxy) is 1. The van der Waals surface area contributed by atoms with Gasteiger partial charge in [-0.3, -0.25) is 0 Å². The summed E-state index contributed by atoms with van der Waals surface area (Å²) in [7, 11) is -0.596. The van der Waals surface area contributed by atoms with Gasteiger partial charge in [0, 0.05) is 17.7 Å². The van der Waals surface area contributed by atoms with Gasteiger partial charge >= 0.3 is 6.09 Å². The van der Waals surface area contributed by atoms with Crippen LogP contribution < -0.4 is 5.32 Å². The van der Waals surface area contributed by atoms with Crippen molar-refractivity contribution in [2.75, 3.05) is 31.1 Å². The van der Waals surface area contributed by atoms with Crippen molar-refractivity contribution < 1.29 is 13.9 Å². The molecule has 102 valence electrons. The highest BCUT2D eigenvalue weighted by Crippen LogP contribution is 2.41. The molecule has 1 fully saturated rings. The minimum absolute atomic E-state index is 0.206. The van der Waals surface area contributed by atoms with E-state index in [-0.39, 0.29) is 12.1 Å². The summed E-state index contributed by atoms with van der Waals surface area (Å²) >= 11 is 0. The molecular formula is C13H21NO3S. The van der Waals surface area contributed by atoms with E-state index in [0.717, 1.165) is 17.7 Å². The second kappa shape index (κ2) is 5.26. The maximum Gasteiger partial charge on any atom is 0.407 e. The van der Waals surface area contributed by atoms with Crippen molar-refractivity contribution in [3.8, 4) is 0 Å². The minimum atomic E-state index is -0.596. The molecule has 0 aliphatic heterocycles. The molecule has 1 saturated carbocycles. The molecule has 1 aliphatic carbocycles. The summed E-state index contributed by atoms with van der Waals surface area (Å²) in [5.74, 6) is 1.35. The van der Waals surface area contributed by atoms with E-state index in [1.165, 1.54) is 0 Å². The van der Waals surface area contributed by atoms with Crippen molar-refractivity contribution >= 4 is 16.1 Å². The van der Waals surface area contributed by atoms with Crippen LogP contribution in [0.5, 0.6) is 0 Å². The van der Waals surface area contributed by atoms with Gasteiger partial charge in [0.2, 0.25) is 0 Å². The van der Waals surface area contributed by atoms with Crippen molar-refractivity contribution in [1.29, 1.82) is 0 Å². The topological polar surface area (TPSA) is 51.5 Å². The van der Waals surface area contributed by atoms with E-state index in [1.807, 2.05) is 6.07 Å². The molecular weight excluding hydrogens is 250 g/mol. The normalized spacial score (nSPS) is 23.5. The van der Waals surface area contributed by atoms with Crippen molar-refractivity contribution in [2.45, 2.75) is 18.4 Å². The number of furan rings is 1. The number of carbonyl (C=O) groups is 1. The molecule has 0 bridgehead atoms. The quantitative estimate of drug-likeness (QED) is 0.895. The molecule has 18 heavy (non-hydrogen) atoms. The molecule has 1 amide bonds. The third-order valence-corrected chi connectivity index (χ3v) is 4.39. The van der Waals surface area contributed by atoms with Crippen LogP contribution in [-0.4, -0.2) is 43.3 Å². The molecule has 1 aliphatic rings. The van der Waals surface area contributed by atoms with Gasteiger partial charge in [0.15, 0.2) is 0 Å². The minimum Gasteiger partial charge on any atom is -0.472 e. The molecule has 0 aromatic carbocycles. The van der Waals surface area contributed by atoms with E-state index in [4.69, 9.17) is 9.15 Å². The first-order valence-corrected chi connectivity index (χ1v) is 9.10. The van der Waals surface area contributed by atoms with Crippen molar-refractivity contribution in [1.82, 2.24) is 5.32 Å². The van der Waals surface area contributed by atoms with Gasteiger partial charge in [-0.2, -0.15) is 0 Å². The first kappa shape index (κ1) is 13.3. The fourth-order valence-corrected chi connectivity index (χ4v) is 2.37. The van der Waals surface area contributed by atoms with Crippen molar-refractivity contribution in [3.63, 3.8) is 0 Å². The van der Waals surface area contributed by atoms with Crippen molar-refractivity contribution in [3.05, 3.63) is 24.2 Å². The van der Waals surface area contributed by atoms with Crippen LogP contribution in [0.15, 0.2) is 23.0 Å². The third-order valence-electron chi connectivity index (χ3n) is 2.99. The number of rotatable bonds is 5. The Morgan fingerprint density at radius 1 is 1.56 bits per heavy atom. The molecule has 4 nitrogen and oxygen atoms in total. The lowest BCUT2D eigenvalue weighted by atomic mass is 10.2. The zero-order valence-electron chi connectivity index (χ0n) is 11.1. The molecule has 0 saturated heterocycles. The zero-order chi connectivity index (χ0) is 13.2. The van der Waals surface area contributed by atoms with E-state index < -0.39 is 10.0 Å². The third kappa shape index (κ3) is 3.98. The molecule has 1 aromatic heterocycles. The van der Waals surface area contributed by atoms with Crippen LogP contribution in [0.25, 0.3) is 0 Å². The van der Waals surface area contributed by atoms with Gasteiger partial charge < -0.3 is 14.5 Å². The van der Waals surface area contributed by atoms with Gasteiger partial charge in [-0.25, -0.2) is 14.8 Å². The van der Waals surface area contributed by atoms with Crippen LogP contribution in [0.3, 0.4) is 0 Å². The van der Waals surface area contributed by atoms with E-state index in [9.17, 15) is 4.79 Å². The lowest BCUT2D eigenvalue weighted by Gasteiger charge is -2.24. The van der Waals surface area contributed by atoms with Gasteiger partial charge in [-0.15, -0.1) is 0 Å². The largest absolute Gasteiger partial charge is 0.472 e. The second-order valence-electron chi connectivity index (χ2n) is 5.58. The molecule has 5 heteroatoms. The monoisotopic (exact) mass is 271 g/mol. The summed E-state index contributed by atoms with van der Waals surface area (Å²) in [6.07, 6.45) is 10.7. The first-order valence-electron chi connectivity index (χ1n) is 6.07. The molecule has 1 heterocycles. The fourth-order valence-electron chi connectivity index (χ4n) is 1.79. The van der Waals surface area contributed by atoms with Gasteiger partial charge in [-0.1, -0.05) is 0 Å². The van der Waals surface area contributed by atoms with Crippen LogP contribution in [0.2, 0.25) is 0 Å². The van der Waals surface area contributed by atoms with E-state index in [2.05, 4.69) is 24.1 Å². The van der Waals surface area contributed by atoms with Gasteiger partial charge in [-0.05, 0) is 36.8 Å². The zero-order valence-corrected chi connectivity index (χ0v) is 12.0. The van der Waals surface area contributed by atoms with Gasteiger partial charge in [0.05, 0.1) is 12.5 Å². The Kier molecular flexibility index (Phi) is 3.90. The Labute approximate surface area is 109 Å². The second-order valence-corrected chi connectivity index (χ2v) is 10.2. The maximum atomic E-state index is 11.5. The summed E-state index contributed by atoms with van der Waals surface area (Å²) < 4.78 is 10.2. The summed E-state index contributed by atoms with van der Waals surface area (Å²) in [6, 6.07) is 2.15. The number of nitrogens with one attached hydrogen (secondary N) is 1. The van der Waals surface area contributed by atoms with Crippen LogP contribution >= 0.6 is 10.0 Å². The molecule has 2 rings (SSSR count). The van der Waals surface area contributed by atoms with Gasteiger partial charge in [0.1, 0.15) is 6.61 Å². The Morgan fingerprint density at radius 2 is 2.33 bits per heavy atom. The smallest absolute Gasteiger partial charge is 0.407 e. The Morgan fingerprint density at radius 3 is 2.94 bits per heavy atom. The van der Waals surface area contributed by atoms with E-state index in [1.54, 1.807) is 12.5 Å². The van der Waals surface area contributed by atoms with Crippen LogP contribution in [0, 0.1) is 0 Å². The summed E-state index contributed by atoms with van der Waals surface area (Å²) in [5, 5.41) is 2.88. The van der Waals surface area contributed by atoms with Crippen LogP contribution in [0.4, 0.5) is 4.79 Å². The number of hydrogen-bond acceptors (Lipinski definition) is 3. The molecule has 2 atom stereocenters. The Balaban J connectivity index is 1.65. The number of amides is 1. The van der Waals surface area contributed by atoms with E-state index in [0.29, 0.717) is 12.5 Å². The SMILES string of the molecule is CS(C)(C)CCOC(=O)NC1CC1c1ccoc1. The molecule has 1 aromatic rings. The summed E-state index contributed by atoms with van der Waals surface area (Å²) in [5.41, 5.74) is 1.15. The van der Waals surface area contributed by atoms with Gasteiger partial charge in [0.25, 0.3) is 0 Å². The predicted octanol–water partition coefficient (Wildman–Crippen LogP) is 2.56. The summed E-state index contributed by atoms with van der Waals surface area (Å²) in [4.78, 5) is 11.5. The molecule has 0 radical (unpaired) electrons. The molecule has 1 N–H and O–H groups in total. The van der Waals surface area contributed by atoms with Crippen LogP contribution in [-0.2, 0) is 4.74 Å². The number of alkyl carbamates (subject to hydrolysis) is 1. The lowest BCUT2D eigenvalue weighted by molar-refractivity contribution is 0.152. The molecule has 2 unspecified atom stereocenters. The highest BCUT2D eigenvalue weighted by Gasteiger charge is 2.40. The van der Waals surface area contributed by atoms with E-state index >= 15 is 0 Å². The first-order chi connectivity index (χ1) is 8.46. The Bertz CT molecular complexity index is 397. The standard InChI is InChI=1S/C13H21NO3S/c1-18(2,3)7-6-17-13(15)14-12-8-11(12)10-4-5-16-9-10/h4-5,9,11-12H,6-8H2,1-3H3,(H,14,15). The summed E-state index contributed by atoms with van der Waals surface area (Å²) in [6.45, 7) is 0.508. The predicted molar refractivity (Wildman–Crippen MR) is 74.6 cm³/mol. The van der Waals surface area contributed by atoms with Crippen molar-refractivity contribution in [2.24, 2.45) is 0 Å². The Hall–Kier alpha value is -1.10. The number of carbonyl (C=O) groups excluding carboxylic acids is 1. The molecule has 0 spiro atoms. The average molecular weight is 271 g/mol.